The van der Waals surface area contributed by atoms with Gasteiger partial charge in [0.1, 0.15) is 0 Å². The van der Waals surface area contributed by atoms with E-state index in [1.807, 2.05) is 0 Å². The molecule has 200 valence electrons. The highest BCUT2D eigenvalue weighted by molar-refractivity contribution is 5.69. The molecule has 0 aliphatic rings. The van der Waals surface area contributed by atoms with Crippen LogP contribution in [-0.4, -0.2) is 24.3 Å². The van der Waals surface area contributed by atoms with E-state index < -0.39 is 0 Å². The minimum absolute atomic E-state index is 0.00752. The molecule has 0 aromatic heterocycles. The van der Waals surface area contributed by atoms with E-state index in [9.17, 15) is 4.79 Å². The third-order valence-corrected chi connectivity index (χ3v) is 6.40. The summed E-state index contributed by atoms with van der Waals surface area (Å²) in [6, 6.07) is 0. The molecule has 0 aromatic carbocycles. The van der Waals surface area contributed by atoms with E-state index in [0.29, 0.717) is 19.6 Å². The number of aliphatic hydroxyl groups is 1. The third-order valence-electron chi connectivity index (χ3n) is 6.40. The highest BCUT2D eigenvalue weighted by Gasteiger charge is 2.02. The maximum Gasteiger partial charge on any atom is 0.305 e. The Kier molecular flexibility index (Phi) is 29.0. The molecule has 0 atom stereocenters. The summed E-state index contributed by atoms with van der Waals surface area (Å²) in [5.74, 6) is -0.00752. The molecular weight excluding hydrogens is 420 g/mol. The lowest BCUT2D eigenvalue weighted by Crippen LogP contribution is -2.05. The first-order valence-corrected chi connectivity index (χ1v) is 14.9. The summed E-state index contributed by atoms with van der Waals surface area (Å²) in [6.07, 6.45) is 36.5. The number of hydrogen-bond acceptors (Lipinski definition) is 3. The fourth-order valence-electron chi connectivity index (χ4n) is 4.14. The fourth-order valence-corrected chi connectivity index (χ4v) is 4.14. The number of aliphatic hydroxyl groups excluding tert-OH is 1. The van der Waals surface area contributed by atoms with Crippen molar-refractivity contribution in [3.8, 4) is 0 Å². The van der Waals surface area contributed by atoms with Crippen LogP contribution in [0.2, 0.25) is 0 Å². The number of rotatable bonds is 27. The maximum absolute atomic E-state index is 11.8. The summed E-state index contributed by atoms with van der Waals surface area (Å²) >= 11 is 0. The van der Waals surface area contributed by atoms with E-state index in [1.54, 1.807) is 0 Å². The molecule has 0 radical (unpaired) electrons. The Hall–Kier alpha value is -1.09. The lowest BCUT2D eigenvalue weighted by molar-refractivity contribution is -0.143. The standard InChI is InChI=1S/C31H58O3/c1-2-3-4-5-6-7-8-9-10-11-13-16-19-22-25-28-31(33)34-30-27-24-21-18-15-12-14-17-20-23-26-29-32/h6-7,9-10,32H,2-5,8,11-30H2,1H3/b7-6-,10-9-. The molecular formula is C31H58O3. The fraction of sp³-hybridized carbons (Fsp3) is 0.839. The summed E-state index contributed by atoms with van der Waals surface area (Å²) in [4.78, 5) is 11.8. The van der Waals surface area contributed by atoms with Gasteiger partial charge in [0.2, 0.25) is 0 Å². The Morgan fingerprint density at radius 3 is 1.62 bits per heavy atom. The van der Waals surface area contributed by atoms with Gasteiger partial charge >= 0.3 is 5.97 Å². The molecule has 0 fully saturated rings. The zero-order valence-electron chi connectivity index (χ0n) is 22.8. The Bertz CT molecular complexity index is 456. The number of carbonyl (C=O) groups is 1. The molecule has 0 saturated carbocycles. The highest BCUT2D eigenvalue weighted by Crippen LogP contribution is 2.12. The van der Waals surface area contributed by atoms with Crippen molar-refractivity contribution in [1.82, 2.24) is 0 Å². The summed E-state index contributed by atoms with van der Waals surface area (Å²) in [7, 11) is 0. The van der Waals surface area contributed by atoms with E-state index >= 15 is 0 Å². The second-order valence-corrected chi connectivity index (χ2v) is 9.81. The molecule has 0 heterocycles. The number of carbonyl (C=O) groups excluding carboxylic acids is 1. The highest BCUT2D eigenvalue weighted by atomic mass is 16.5. The quantitative estimate of drug-likeness (QED) is 0.0726. The first-order valence-electron chi connectivity index (χ1n) is 14.9. The molecule has 0 saturated heterocycles. The number of hydrogen-bond donors (Lipinski definition) is 1. The van der Waals surface area contributed by atoms with Gasteiger partial charge < -0.3 is 9.84 Å². The van der Waals surface area contributed by atoms with Gasteiger partial charge in [-0.1, -0.05) is 121 Å². The Morgan fingerprint density at radius 1 is 0.588 bits per heavy atom. The Labute approximate surface area is 212 Å². The van der Waals surface area contributed by atoms with E-state index in [4.69, 9.17) is 9.84 Å². The predicted molar refractivity (Wildman–Crippen MR) is 148 cm³/mol. The van der Waals surface area contributed by atoms with Gasteiger partial charge in [0.25, 0.3) is 0 Å². The normalized spacial score (nSPS) is 11.7. The van der Waals surface area contributed by atoms with Crippen molar-refractivity contribution in [3.63, 3.8) is 0 Å². The van der Waals surface area contributed by atoms with Crippen LogP contribution in [0.15, 0.2) is 24.3 Å². The smallest absolute Gasteiger partial charge is 0.305 e. The molecule has 34 heavy (non-hydrogen) atoms. The van der Waals surface area contributed by atoms with Gasteiger partial charge in [-0.15, -0.1) is 0 Å². The van der Waals surface area contributed by atoms with Gasteiger partial charge in [0.15, 0.2) is 0 Å². The molecule has 0 unspecified atom stereocenters. The predicted octanol–water partition coefficient (Wildman–Crippen LogP) is 9.63. The van der Waals surface area contributed by atoms with Crippen molar-refractivity contribution in [2.24, 2.45) is 0 Å². The second kappa shape index (κ2) is 29.9. The summed E-state index contributed by atoms with van der Waals surface area (Å²) in [5.41, 5.74) is 0. The van der Waals surface area contributed by atoms with Crippen LogP contribution in [0.4, 0.5) is 0 Å². The van der Waals surface area contributed by atoms with Crippen LogP contribution in [0, 0.1) is 0 Å². The molecule has 3 heteroatoms. The van der Waals surface area contributed by atoms with Crippen LogP contribution in [0.1, 0.15) is 155 Å². The third kappa shape index (κ3) is 28.9. The zero-order valence-corrected chi connectivity index (χ0v) is 22.8. The average Bonchev–Trinajstić information content (AvgIpc) is 2.84. The monoisotopic (exact) mass is 478 g/mol. The van der Waals surface area contributed by atoms with Crippen molar-refractivity contribution in [2.45, 2.75) is 155 Å². The van der Waals surface area contributed by atoms with Crippen molar-refractivity contribution in [2.75, 3.05) is 13.2 Å². The van der Waals surface area contributed by atoms with Crippen LogP contribution in [0.5, 0.6) is 0 Å². The van der Waals surface area contributed by atoms with E-state index in [-0.39, 0.29) is 5.97 Å². The Balaban J connectivity index is 3.23. The van der Waals surface area contributed by atoms with Crippen LogP contribution < -0.4 is 0 Å². The first kappa shape index (κ1) is 32.9. The SMILES string of the molecule is CCCCC/C=C\C/C=C\CCCCCCCC(=O)OCCCCCCCCCCCCCO. The van der Waals surface area contributed by atoms with Crippen molar-refractivity contribution in [1.29, 1.82) is 0 Å². The van der Waals surface area contributed by atoms with E-state index in [1.165, 1.54) is 109 Å². The molecule has 0 amide bonds. The minimum atomic E-state index is -0.00752. The average molecular weight is 479 g/mol. The van der Waals surface area contributed by atoms with Gasteiger partial charge in [-0.25, -0.2) is 0 Å². The molecule has 0 aliphatic carbocycles. The van der Waals surface area contributed by atoms with Crippen LogP contribution >= 0.6 is 0 Å². The van der Waals surface area contributed by atoms with E-state index in [2.05, 4.69) is 31.2 Å². The van der Waals surface area contributed by atoms with Gasteiger partial charge in [-0.3, -0.25) is 4.79 Å². The molecule has 3 nitrogen and oxygen atoms in total. The number of unbranched alkanes of at least 4 members (excludes halogenated alkanes) is 18. The topological polar surface area (TPSA) is 46.5 Å². The largest absolute Gasteiger partial charge is 0.466 e. The zero-order chi connectivity index (χ0) is 24.8. The molecule has 0 bridgehead atoms. The van der Waals surface area contributed by atoms with Crippen LogP contribution in [0.3, 0.4) is 0 Å². The molecule has 0 rings (SSSR count). The number of ether oxygens (including phenoxy) is 1. The summed E-state index contributed by atoms with van der Waals surface area (Å²) in [6.45, 7) is 3.19. The maximum atomic E-state index is 11.8. The molecule has 0 aliphatic heterocycles. The minimum Gasteiger partial charge on any atom is -0.466 e. The van der Waals surface area contributed by atoms with Gasteiger partial charge in [-0.2, -0.15) is 0 Å². The van der Waals surface area contributed by atoms with Gasteiger partial charge in [-0.05, 0) is 51.4 Å². The molecule has 1 N–H and O–H groups in total. The lowest BCUT2D eigenvalue weighted by atomic mass is 10.1. The van der Waals surface area contributed by atoms with Crippen molar-refractivity contribution in [3.05, 3.63) is 24.3 Å². The van der Waals surface area contributed by atoms with Crippen LogP contribution in [0.25, 0.3) is 0 Å². The number of allylic oxidation sites excluding steroid dienone is 4. The second-order valence-electron chi connectivity index (χ2n) is 9.81. The van der Waals surface area contributed by atoms with Gasteiger partial charge in [0.05, 0.1) is 6.61 Å². The van der Waals surface area contributed by atoms with Crippen molar-refractivity contribution < 1.29 is 14.6 Å². The lowest BCUT2D eigenvalue weighted by Gasteiger charge is -2.05. The molecule has 0 aromatic rings. The van der Waals surface area contributed by atoms with Crippen LogP contribution in [-0.2, 0) is 9.53 Å². The molecule has 0 spiro atoms. The Morgan fingerprint density at radius 2 is 1.06 bits per heavy atom. The van der Waals surface area contributed by atoms with Gasteiger partial charge in [0, 0.05) is 13.0 Å². The van der Waals surface area contributed by atoms with Crippen molar-refractivity contribution >= 4 is 5.97 Å². The van der Waals surface area contributed by atoms with E-state index in [0.717, 1.165) is 32.1 Å². The summed E-state index contributed by atoms with van der Waals surface area (Å²) < 4.78 is 5.38. The first-order chi connectivity index (χ1) is 16.8. The summed E-state index contributed by atoms with van der Waals surface area (Å²) in [5, 5.41) is 8.75. The number of esters is 1.